The van der Waals surface area contributed by atoms with Gasteiger partial charge in [-0.3, -0.25) is 9.59 Å². The summed E-state index contributed by atoms with van der Waals surface area (Å²) in [5.74, 6) is -0.236. The lowest BCUT2D eigenvalue weighted by molar-refractivity contribution is -0.142. The van der Waals surface area contributed by atoms with E-state index in [9.17, 15) is 14.4 Å². The van der Waals surface area contributed by atoms with Crippen molar-refractivity contribution in [3.05, 3.63) is 58.7 Å². The number of amides is 2. The van der Waals surface area contributed by atoms with Gasteiger partial charge in [0.1, 0.15) is 11.5 Å². The first-order valence-electron chi connectivity index (χ1n) is 13.3. The highest BCUT2D eigenvalue weighted by Gasteiger charge is 2.61. The number of nitrogens with zero attached hydrogens (tertiary/aromatic N) is 1. The molecule has 0 unspecified atom stereocenters. The summed E-state index contributed by atoms with van der Waals surface area (Å²) in [5.41, 5.74) is 1.74. The molecule has 0 bridgehead atoms. The Morgan fingerprint density at radius 3 is 1.82 bits per heavy atom. The van der Waals surface area contributed by atoms with Gasteiger partial charge in [0.05, 0.1) is 27.4 Å². The Morgan fingerprint density at radius 1 is 0.897 bits per heavy atom. The largest absolute Gasteiger partial charge is 0.496 e. The molecule has 0 radical (unpaired) electrons. The van der Waals surface area contributed by atoms with E-state index < -0.39 is 29.6 Å². The van der Waals surface area contributed by atoms with E-state index in [0.717, 1.165) is 11.1 Å². The number of esters is 1. The highest BCUT2D eigenvalue weighted by molar-refractivity contribution is 5.95. The summed E-state index contributed by atoms with van der Waals surface area (Å²) in [4.78, 5) is 41.1. The highest BCUT2D eigenvalue weighted by Crippen LogP contribution is 2.53. The standard InChI is InChI=1S/C31H41NO7/c1-18(2)22(17-28(34)38-9)16-27(33)32-29(19(3)4)31(39-30(32)35,23-14-20(5)10-12-25(23)36-7)24-15-21(6)11-13-26(24)37-8/h10-15,18-19,22,29H,16-17H2,1-9H3/t22-,29+/m1/s1. The number of aryl methyl sites for hydroxylation is 2. The number of imide groups is 1. The molecule has 0 aliphatic carbocycles. The van der Waals surface area contributed by atoms with Gasteiger partial charge in [0, 0.05) is 24.0 Å². The Labute approximate surface area is 231 Å². The van der Waals surface area contributed by atoms with Crippen LogP contribution in [0.1, 0.15) is 62.8 Å². The first kappa shape index (κ1) is 30.0. The highest BCUT2D eigenvalue weighted by atomic mass is 16.6. The van der Waals surface area contributed by atoms with Gasteiger partial charge in [-0.1, -0.05) is 51.0 Å². The number of ether oxygens (including phenoxy) is 4. The Hall–Kier alpha value is -3.55. The second-order valence-electron chi connectivity index (χ2n) is 11.0. The molecule has 3 rings (SSSR count). The van der Waals surface area contributed by atoms with E-state index >= 15 is 0 Å². The lowest BCUT2D eigenvalue weighted by Gasteiger charge is -2.39. The van der Waals surface area contributed by atoms with Crippen molar-refractivity contribution in [2.75, 3.05) is 21.3 Å². The molecule has 1 saturated heterocycles. The molecule has 2 atom stereocenters. The molecule has 1 fully saturated rings. The van der Waals surface area contributed by atoms with Crippen LogP contribution in [0.2, 0.25) is 0 Å². The van der Waals surface area contributed by atoms with Crippen molar-refractivity contribution in [2.45, 2.75) is 66.0 Å². The van der Waals surface area contributed by atoms with Crippen molar-refractivity contribution >= 4 is 18.0 Å². The van der Waals surface area contributed by atoms with E-state index in [2.05, 4.69) is 0 Å². The maximum atomic E-state index is 14.0. The minimum absolute atomic E-state index is 0.00291. The monoisotopic (exact) mass is 539 g/mol. The SMILES string of the molecule is COC(=O)C[C@@H](CC(=O)N1C(=O)OC(c2cc(C)ccc2OC)(c2cc(C)ccc2OC)[C@@H]1C(C)C)C(C)C. The third-order valence-corrected chi connectivity index (χ3v) is 7.59. The van der Waals surface area contributed by atoms with Gasteiger partial charge in [-0.2, -0.15) is 0 Å². The zero-order valence-corrected chi connectivity index (χ0v) is 24.5. The molecule has 2 amide bonds. The molecule has 0 N–H and O–H groups in total. The van der Waals surface area contributed by atoms with Crippen LogP contribution >= 0.6 is 0 Å². The Morgan fingerprint density at radius 2 is 1.41 bits per heavy atom. The molecule has 1 heterocycles. The van der Waals surface area contributed by atoms with Crippen molar-refractivity contribution in [3.8, 4) is 11.5 Å². The van der Waals surface area contributed by atoms with Crippen molar-refractivity contribution in [2.24, 2.45) is 17.8 Å². The summed E-state index contributed by atoms with van der Waals surface area (Å²) in [6.45, 7) is 11.7. The Kier molecular flexibility index (Phi) is 9.30. The van der Waals surface area contributed by atoms with Gasteiger partial charge in [-0.25, -0.2) is 9.69 Å². The fourth-order valence-corrected chi connectivity index (χ4v) is 5.53. The number of carbonyl (C=O) groups excluding carboxylic acids is 3. The van der Waals surface area contributed by atoms with Gasteiger partial charge in [-0.15, -0.1) is 0 Å². The van der Waals surface area contributed by atoms with E-state index in [1.54, 1.807) is 14.2 Å². The predicted molar refractivity (Wildman–Crippen MR) is 148 cm³/mol. The number of carbonyl (C=O) groups is 3. The number of hydrogen-bond donors (Lipinski definition) is 0. The van der Waals surface area contributed by atoms with Crippen LogP contribution in [-0.2, 0) is 24.7 Å². The molecule has 2 aromatic rings. The number of cyclic esters (lactones) is 1. The van der Waals surface area contributed by atoms with E-state index in [1.807, 2.05) is 77.9 Å². The summed E-state index contributed by atoms with van der Waals surface area (Å²) in [7, 11) is 4.46. The zero-order chi connectivity index (χ0) is 29.1. The van der Waals surface area contributed by atoms with Crippen LogP contribution < -0.4 is 9.47 Å². The third kappa shape index (κ3) is 5.75. The van der Waals surface area contributed by atoms with Crippen LogP contribution in [0.4, 0.5) is 4.79 Å². The lowest BCUT2D eigenvalue weighted by atomic mass is 9.74. The van der Waals surface area contributed by atoms with E-state index in [4.69, 9.17) is 18.9 Å². The van der Waals surface area contributed by atoms with Gasteiger partial charge in [0.2, 0.25) is 5.91 Å². The molecule has 8 heteroatoms. The number of hydrogen-bond acceptors (Lipinski definition) is 7. The molecule has 8 nitrogen and oxygen atoms in total. The molecule has 0 aromatic heterocycles. The quantitative estimate of drug-likeness (QED) is 0.353. The fourth-order valence-electron chi connectivity index (χ4n) is 5.53. The molecule has 1 aliphatic heterocycles. The smallest absolute Gasteiger partial charge is 0.418 e. The van der Waals surface area contributed by atoms with Crippen molar-refractivity contribution in [1.29, 1.82) is 0 Å². The number of rotatable bonds is 10. The van der Waals surface area contributed by atoms with Crippen molar-refractivity contribution in [3.63, 3.8) is 0 Å². The Bertz CT molecular complexity index is 1170. The molecule has 212 valence electrons. The molecule has 2 aromatic carbocycles. The third-order valence-electron chi connectivity index (χ3n) is 7.59. The predicted octanol–water partition coefficient (Wildman–Crippen LogP) is 5.79. The van der Waals surface area contributed by atoms with Crippen LogP contribution in [0.15, 0.2) is 36.4 Å². The second kappa shape index (κ2) is 12.1. The second-order valence-corrected chi connectivity index (χ2v) is 11.0. The van der Waals surface area contributed by atoms with Crippen LogP contribution in [-0.4, -0.2) is 50.2 Å². The maximum Gasteiger partial charge on any atom is 0.418 e. The first-order chi connectivity index (χ1) is 18.4. The van der Waals surface area contributed by atoms with Crippen LogP contribution in [0.25, 0.3) is 0 Å². The summed E-state index contributed by atoms with van der Waals surface area (Å²) in [5, 5.41) is 0. The fraction of sp³-hybridized carbons (Fsp3) is 0.516. The lowest BCUT2D eigenvalue weighted by Crippen LogP contribution is -2.50. The van der Waals surface area contributed by atoms with Gasteiger partial charge < -0.3 is 18.9 Å². The van der Waals surface area contributed by atoms with Crippen LogP contribution in [0, 0.1) is 31.6 Å². The number of methoxy groups -OCH3 is 3. The topological polar surface area (TPSA) is 91.4 Å². The number of benzene rings is 2. The summed E-state index contributed by atoms with van der Waals surface area (Å²) in [6.07, 6.45) is -0.666. The summed E-state index contributed by atoms with van der Waals surface area (Å²) >= 11 is 0. The van der Waals surface area contributed by atoms with Crippen molar-refractivity contribution in [1.82, 2.24) is 4.90 Å². The van der Waals surface area contributed by atoms with E-state index in [-0.39, 0.29) is 30.6 Å². The maximum absolute atomic E-state index is 14.0. The average molecular weight is 540 g/mol. The van der Waals surface area contributed by atoms with Crippen molar-refractivity contribution < 1.29 is 33.3 Å². The van der Waals surface area contributed by atoms with Gasteiger partial charge in [0.25, 0.3) is 0 Å². The minimum atomic E-state index is -1.41. The molecule has 39 heavy (non-hydrogen) atoms. The normalized spacial score (nSPS) is 17.3. The van der Waals surface area contributed by atoms with E-state index in [1.165, 1.54) is 12.0 Å². The van der Waals surface area contributed by atoms with Gasteiger partial charge in [0.15, 0.2) is 5.60 Å². The summed E-state index contributed by atoms with van der Waals surface area (Å²) < 4.78 is 22.8. The molecule has 0 saturated carbocycles. The van der Waals surface area contributed by atoms with Gasteiger partial charge in [-0.05, 0) is 55.9 Å². The molecular formula is C31H41NO7. The van der Waals surface area contributed by atoms with Gasteiger partial charge >= 0.3 is 12.1 Å². The van der Waals surface area contributed by atoms with E-state index in [0.29, 0.717) is 22.6 Å². The zero-order valence-electron chi connectivity index (χ0n) is 24.5. The van der Waals surface area contributed by atoms with Crippen LogP contribution in [0.3, 0.4) is 0 Å². The minimum Gasteiger partial charge on any atom is -0.496 e. The molecule has 0 spiro atoms. The molecule has 1 aliphatic rings. The average Bonchev–Trinajstić information content (AvgIpc) is 3.21. The summed E-state index contributed by atoms with van der Waals surface area (Å²) in [6, 6.07) is 10.7. The Balaban J connectivity index is 2.28. The molecular weight excluding hydrogens is 498 g/mol. The first-order valence-corrected chi connectivity index (χ1v) is 13.3. The van der Waals surface area contributed by atoms with Crippen LogP contribution in [0.5, 0.6) is 11.5 Å².